The molecule has 0 aromatic heterocycles. The third-order valence-corrected chi connectivity index (χ3v) is 2.42. The zero-order chi connectivity index (χ0) is 6.10. The van der Waals surface area contributed by atoms with Gasteiger partial charge in [-0.1, -0.05) is 0 Å². The molecule has 2 bridgehead atoms. The molecule has 1 aliphatic heterocycles. The van der Waals surface area contributed by atoms with Gasteiger partial charge in [0.1, 0.15) is 0 Å². The summed E-state index contributed by atoms with van der Waals surface area (Å²) < 4.78 is 0. The summed E-state index contributed by atoms with van der Waals surface area (Å²) in [6.07, 6.45) is 4.13. The highest BCUT2D eigenvalue weighted by molar-refractivity contribution is 4.87. The first-order chi connectivity index (χ1) is 4.45. The van der Waals surface area contributed by atoms with Crippen LogP contribution in [-0.2, 0) is 0 Å². The highest BCUT2D eigenvalue weighted by atomic mass is 15.0. The number of hydrogen-bond acceptors (Lipinski definition) is 2. The van der Waals surface area contributed by atoms with Gasteiger partial charge in [-0.05, 0) is 19.3 Å². The smallest absolute Gasteiger partial charge is 0.00829 e. The zero-order valence-electron chi connectivity index (χ0n) is 5.69. The molecule has 2 heteroatoms. The predicted octanol–water partition coefficient (Wildman–Crippen LogP) is 0.100. The maximum absolute atomic E-state index is 3.51. The lowest BCUT2D eigenvalue weighted by molar-refractivity contribution is 0.522. The Morgan fingerprint density at radius 3 is 2.00 bits per heavy atom. The minimum Gasteiger partial charge on any atom is -0.313 e. The van der Waals surface area contributed by atoms with Gasteiger partial charge in [-0.15, -0.1) is 0 Å². The van der Waals surface area contributed by atoms with Gasteiger partial charge in [0.2, 0.25) is 0 Å². The van der Waals surface area contributed by atoms with Gasteiger partial charge in [0.15, 0.2) is 0 Å². The summed E-state index contributed by atoms with van der Waals surface area (Å²) in [5.41, 5.74) is 0. The summed E-state index contributed by atoms with van der Waals surface area (Å²) in [5.74, 6) is 0. The maximum atomic E-state index is 3.51. The Kier molecular flexibility index (Phi) is 1.44. The van der Waals surface area contributed by atoms with Crippen LogP contribution in [0.3, 0.4) is 0 Å². The Bertz CT molecular complexity index is 91.1. The monoisotopic (exact) mass is 126 g/mol. The molecule has 2 atom stereocenters. The van der Waals surface area contributed by atoms with E-state index in [1.54, 1.807) is 0 Å². The fourth-order valence-corrected chi connectivity index (χ4v) is 1.90. The standard InChI is InChI=1S/C7H14N2/c1-2-7-5-6(1)8-3-4-9-7/h6-9H,1-5H2. The molecule has 52 valence electrons. The average molecular weight is 126 g/mol. The Hall–Kier alpha value is -0.0800. The van der Waals surface area contributed by atoms with E-state index < -0.39 is 0 Å². The van der Waals surface area contributed by atoms with Crippen LogP contribution < -0.4 is 10.6 Å². The SMILES string of the molecule is C1CNC2CCC(C2)N1. The summed E-state index contributed by atoms with van der Waals surface area (Å²) >= 11 is 0. The predicted molar refractivity (Wildman–Crippen MR) is 37.4 cm³/mol. The van der Waals surface area contributed by atoms with E-state index in [0.717, 1.165) is 12.1 Å². The Labute approximate surface area is 56.0 Å². The summed E-state index contributed by atoms with van der Waals surface area (Å²) in [5, 5.41) is 7.02. The van der Waals surface area contributed by atoms with Gasteiger partial charge in [-0.25, -0.2) is 0 Å². The van der Waals surface area contributed by atoms with Crippen molar-refractivity contribution in [1.82, 2.24) is 10.6 Å². The van der Waals surface area contributed by atoms with Crippen molar-refractivity contribution < 1.29 is 0 Å². The molecule has 1 heterocycles. The van der Waals surface area contributed by atoms with Gasteiger partial charge in [0.05, 0.1) is 0 Å². The molecule has 0 amide bonds. The highest BCUT2D eigenvalue weighted by Crippen LogP contribution is 2.19. The van der Waals surface area contributed by atoms with Crippen molar-refractivity contribution >= 4 is 0 Å². The summed E-state index contributed by atoms with van der Waals surface area (Å²) in [7, 11) is 0. The van der Waals surface area contributed by atoms with Crippen molar-refractivity contribution in [1.29, 1.82) is 0 Å². The highest BCUT2D eigenvalue weighted by Gasteiger charge is 2.25. The van der Waals surface area contributed by atoms with E-state index in [1.807, 2.05) is 0 Å². The van der Waals surface area contributed by atoms with Gasteiger partial charge in [0.25, 0.3) is 0 Å². The van der Waals surface area contributed by atoms with Crippen molar-refractivity contribution in [2.24, 2.45) is 0 Å². The second-order valence-electron chi connectivity index (χ2n) is 3.12. The van der Waals surface area contributed by atoms with E-state index in [0.29, 0.717) is 0 Å². The first-order valence-corrected chi connectivity index (χ1v) is 3.92. The van der Waals surface area contributed by atoms with E-state index >= 15 is 0 Å². The van der Waals surface area contributed by atoms with Crippen molar-refractivity contribution in [3.05, 3.63) is 0 Å². The molecule has 0 aromatic rings. The summed E-state index contributed by atoms with van der Waals surface area (Å²) in [4.78, 5) is 0. The fraction of sp³-hybridized carbons (Fsp3) is 1.00. The maximum Gasteiger partial charge on any atom is 0.00829 e. The molecule has 1 saturated carbocycles. The fourth-order valence-electron chi connectivity index (χ4n) is 1.90. The first-order valence-electron chi connectivity index (χ1n) is 3.92. The molecule has 2 unspecified atom stereocenters. The Balaban J connectivity index is 1.99. The molecule has 2 fully saturated rings. The molecular weight excluding hydrogens is 112 g/mol. The van der Waals surface area contributed by atoms with E-state index in [1.165, 1.54) is 32.4 Å². The van der Waals surface area contributed by atoms with Crippen LogP contribution in [0.4, 0.5) is 0 Å². The zero-order valence-corrected chi connectivity index (χ0v) is 5.69. The van der Waals surface area contributed by atoms with Crippen LogP contribution in [0.25, 0.3) is 0 Å². The number of fused-ring (bicyclic) bond motifs is 2. The summed E-state index contributed by atoms with van der Waals surface area (Å²) in [6.45, 7) is 2.34. The van der Waals surface area contributed by atoms with Gasteiger partial charge in [-0.2, -0.15) is 0 Å². The molecule has 1 aliphatic carbocycles. The van der Waals surface area contributed by atoms with Crippen molar-refractivity contribution in [3.8, 4) is 0 Å². The molecule has 9 heavy (non-hydrogen) atoms. The van der Waals surface area contributed by atoms with Crippen molar-refractivity contribution in [3.63, 3.8) is 0 Å². The van der Waals surface area contributed by atoms with Crippen LogP contribution in [0.15, 0.2) is 0 Å². The molecule has 2 nitrogen and oxygen atoms in total. The largest absolute Gasteiger partial charge is 0.313 e. The van der Waals surface area contributed by atoms with E-state index in [9.17, 15) is 0 Å². The summed E-state index contributed by atoms with van der Waals surface area (Å²) in [6, 6.07) is 1.68. The number of rotatable bonds is 0. The topological polar surface area (TPSA) is 24.1 Å². The van der Waals surface area contributed by atoms with Crippen LogP contribution in [0.2, 0.25) is 0 Å². The minimum absolute atomic E-state index is 0.838. The molecule has 0 radical (unpaired) electrons. The van der Waals surface area contributed by atoms with E-state index in [2.05, 4.69) is 10.6 Å². The first kappa shape index (κ1) is 5.69. The lowest BCUT2D eigenvalue weighted by Crippen LogP contribution is -2.31. The third kappa shape index (κ3) is 1.10. The van der Waals surface area contributed by atoms with Gasteiger partial charge >= 0.3 is 0 Å². The van der Waals surface area contributed by atoms with Crippen LogP contribution in [0.5, 0.6) is 0 Å². The number of hydrogen-bond donors (Lipinski definition) is 2. The van der Waals surface area contributed by atoms with Crippen molar-refractivity contribution in [2.75, 3.05) is 13.1 Å². The molecule has 0 spiro atoms. The minimum atomic E-state index is 0.838. The Morgan fingerprint density at radius 1 is 0.889 bits per heavy atom. The van der Waals surface area contributed by atoms with Crippen LogP contribution in [-0.4, -0.2) is 25.2 Å². The van der Waals surface area contributed by atoms with Crippen LogP contribution in [0, 0.1) is 0 Å². The van der Waals surface area contributed by atoms with E-state index in [-0.39, 0.29) is 0 Å². The second kappa shape index (κ2) is 2.27. The van der Waals surface area contributed by atoms with Gasteiger partial charge in [0, 0.05) is 25.2 Å². The third-order valence-electron chi connectivity index (χ3n) is 2.42. The molecule has 1 saturated heterocycles. The lowest BCUT2D eigenvalue weighted by Gasteiger charge is -2.09. The molecule has 0 aromatic carbocycles. The molecule has 2 N–H and O–H groups in total. The number of nitrogens with one attached hydrogen (secondary N) is 2. The average Bonchev–Trinajstić information content (AvgIpc) is 2.09. The quantitative estimate of drug-likeness (QED) is 0.481. The van der Waals surface area contributed by atoms with E-state index in [4.69, 9.17) is 0 Å². The molecule has 2 aliphatic rings. The van der Waals surface area contributed by atoms with Gasteiger partial charge in [-0.3, -0.25) is 0 Å². The van der Waals surface area contributed by atoms with Crippen LogP contribution in [0.1, 0.15) is 19.3 Å². The van der Waals surface area contributed by atoms with Crippen LogP contribution >= 0.6 is 0 Å². The normalized spacial score (nSPS) is 42.7. The van der Waals surface area contributed by atoms with Crippen molar-refractivity contribution in [2.45, 2.75) is 31.3 Å². The van der Waals surface area contributed by atoms with Gasteiger partial charge < -0.3 is 10.6 Å². The molecule has 2 rings (SSSR count). The second-order valence-corrected chi connectivity index (χ2v) is 3.12. The Morgan fingerprint density at radius 2 is 1.44 bits per heavy atom. The lowest BCUT2D eigenvalue weighted by atomic mass is 10.2. The molecular formula is C7H14N2.